The van der Waals surface area contributed by atoms with Crippen LogP contribution in [0.5, 0.6) is 0 Å². The first kappa shape index (κ1) is 15.7. The number of halogens is 1. The van der Waals surface area contributed by atoms with Crippen molar-refractivity contribution in [3.63, 3.8) is 0 Å². The fourth-order valence-electron chi connectivity index (χ4n) is 3.18. The average molecular weight is 313 g/mol. The lowest BCUT2D eigenvalue weighted by atomic mass is 9.92. The summed E-state index contributed by atoms with van der Waals surface area (Å²) in [5.41, 5.74) is 1.34. The van der Waals surface area contributed by atoms with Crippen molar-refractivity contribution in [3.05, 3.63) is 71.5 Å². The fraction of sp³-hybridized carbons (Fsp3) is 0.316. The molecular formula is C19H20FNO2. The number of benzene rings is 2. The first-order valence-electron chi connectivity index (χ1n) is 7.86. The average Bonchev–Trinajstić information content (AvgIpc) is 3.33. The van der Waals surface area contributed by atoms with Crippen LogP contribution in [0.25, 0.3) is 0 Å². The van der Waals surface area contributed by atoms with E-state index in [1.165, 1.54) is 12.1 Å². The van der Waals surface area contributed by atoms with E-state index in [1.54, 1.807) is 12.1 Å². The molecule has 3 nitrogen and oxygen atoms in total. The van der Waals surface area contributed by atoms with Gasteiger partial charge in [-0.15, -0.1) is 0 Å². The molecule has 1 aliphatic rings. The minimum absolute atomic E-state index is 0.0142. The molecule has 1 saturated carbocycles. The molecule has 2 N–H and O–H groups in total. The Hall–Kier alpha value is -2.20. The Balaban J connectivity index is 1.63. The number of carbonyl (C=O) groups excluding carboxylic acids is 1. The lowest BCUT2D eigenvalue weighted by molar-refractivity contribution is -0.124. The van der Waals surface area contributed by atoms with Gasteiger partial charge in [0.1, 0.15) is 5.82 Å². The highest BCUT2D eigenvalue weighted by Crippen LogP contribution is 2.54. The van der Waals surface area contributed by atoms with E-state index in [0.717, 1.165) is 11.1 Å². The third-order valence-corrected chi connectivity index (χ3v) is 4.63. The first-order chi connectivity index (χ1) is 11.2. The van der Waals surface area contributed by atoms with Crippen LogP contribution in [0.15, 0.2) is 54.6 Å². The maximum absolute atomic E-state index is 12.9. The van der Waals surface area contributed by atoms with Crippen molar-refractivity contribution in [3.8, 4) is 0 Å². The summed E-state index contributed by atoms with van der Waals surface area (Å²) in [5, 5.41) is 12.4. The van der Waals surface area contributed by atoms with Crippen LogP contribution < -0.4 is 5.32 Å². The number of aliphatic hydroxyl groups excluding tert-OH is 1. The van der Waals surface area contributed by atoms with Crippen molar-refractivity contribution >= 4 is 5.91 Å². The van der Waals surface area contributed by atoms with Gasteiger partial charge in [0, 0.05) is 19.1 Å². The molecule has 1 amide bonds. The number of rotatable bonds is 6. The van der Waals surface area contributed by atoms with Crippen LogP contribution in [-0.2, 0) is 16.6 Å². The van der Waals surface area contributed by atoms with Gasteiger partial charge < -0.3 is 10.4 Å². The standard InChI is InChI=1S/C19H20FNO2/c20-17-8-6-14(7-9-17)10-11-21-18(23)19(12-16(19)13-22)15-4-2-1-3-5-15/h1-9,16,22H,10-13H2,(H,21,23)/t16-,19+/m0/s1. The third kappa shape index (κ3) is 3.13. The van der Waals surface area contributed by atoms with Crippen LogP contribution in [0.1, 0.15) is 17.5 Å². The van der Waals surface area contributed by atoms with E-state index in [2.05, 4.69) is 5.32 Å². The van der Waals surface area contributed by atoms with E-state index in [4.69, 9.17) is 0 Å². The molecule has 23 heavy (non-hydrogen) atoms. The summed E-state index contributed by atoms with van der Waals surface area (Å²) < 4.78 is 12.9. The van der Waals surface area contributed by atoms with Crippen LogP contribution in [0.2, 0.25) is 0 Å². The highest BCUT2D eigenvalue weighted by Gasteiger charge is 2.60. The van der Waals surface area contributed by atoms with Crippen LogP contribution >= 0.6 is 0 Å². The van der Waals surface area contributed by atoms with Crippen LogP contribution in [-0.4, -0.2) is 24.2 Å². The van der Waals surface area contributed by atoms with E-state index in [0.29, 0.717) is 19.4 Å². The summed E-state index contributed by atoms with van der Waals surface area (Å²) in [5.74, 6) is -0.315. The lowest BCUT2D eigenvalue weighted by Gasteiger charge is -2.17. The van der Waals surface area contributed by atoms with Gasteiger partial charge in [0.2, 0.25) is 5.91 Å². The summed E-state index contributed by atoms with van der Waals surface area (Å²) in [6.07, 6.45) is 1.33. The molecule has 2 atom stereocenters. The summed E-state index contributed by atoms with van der Waals surface area (Å²) in [4.78, 5) is 12.7. The predicted molar refractivity (Wildman–Crippen MR) is 86.4 cm³/mol. The molecule has 1 fully saturated rings. The number of nitrogens with one attached hydrogen (secondary N) is 1. The second-order valence-electron chi connectivity index (χ2n) is 6.05. The van der Waals surface area contributed by atoms with Gasteiger partial charge in [0.15, 0.2) is 0 Å². The molecule has 0 saturated heterocycles. The lowest BCUT2D eigenvalue weighted by Crippen LogP contribution is -2.37. The van der Waals surface area contributed by atoms with Gasteiger partial charge in [0.05, 0.1) is 5.41 Å². The molecule has 4 heteroatoms. The molecule has 0 heterocycles. The minimum Gasteiger partial charge on any atom is -0.396 e. The molecule has 0 aromatic heterocycles. The zero-order valence-electron chi connectivity index (χ0n) is 12.8. The Kier molecular flexibility index (Phi) is 4.44. The molecule has 1 aliphatic carbocycles. The predicted octanol–water partition coefficient (Wildman–Crippen LogP) is 2.43. The summed E-state index contributed by atoms with van der Waals surface area (Å²) in [7, 11) is 0. The number of carbonyl (C=O) groups is 1. The third-order valence-electron chi connectivity index (χ3n) is 4.63. The Morgan fingerprint density at radius 1 is 1.17 bits per heavy atom. The second kappa shape index (κ2) is 6.50. The van der Waals surface area contributed by atoms with Crippen molar-refractivity contribution in [2.45, 2.75) is 18.3 Å². The summed E-state index contributed by atoms with van der Waals surface area (Å²) in [6, 6.07) is 15.9. The molecule has 2 aromatic carbocycles. The van der Waals surface area contributed by atoms with Crippen LogP contribution in [0.3, 0.4) is 0 Å². The van der Waals surface area contributed by atoms with E-state index < -0.39 is 5.41 Å². The highest BCUT2D eigenvalue weighted by molar-refractivity contribution is 5.92. The second-order valence-corrected chi connectivity index (χ2v) is 6.05. The van der Waals surface area contributed by atoms with Crippen molar-refractivity contribution in [2.75, 3.05) is 13.2 Å². The molecule has 2 aromatic rings. The quantitative estimate of drug-likeness (QED) is 0.860. The maximum Gasteiger partial charge on any atom is 0.231 e. The number of hydrogen-bond acceptors (Lipinski definition) is 2. The molecule has 0 spiro atoms. The Morgan fingerprint density at radius 2 is 1.87 bits per heavy atom. The highest BCUT2D eigenvalue weighted by atomic mass is 19.1. The molecule has 3 rings (SSSR count). The summed E-state index contributed by atoms with van der Waals surface area (Å²) >= 11 is 0. The molecular weight excluding hydrogens is 293 g/mol. The molecule has 0 unspecified atom stereocenters. The van der Waals surface area contributed by atoms with Crippen LogP contribution in [0, 0.1) is 11.7 Å². The normalized spacial score (nSPS) is 22.6. The Bertz CT molecular complexity index is 672. The summed E-state index contributed by atoms with van der Waals surface area (Å²) in [6.45, 7) is 0.511. The first-order valence-corrected chi connectivity index (χ1v) is 7.86. The van der Waals surface area contributed by atoms with Gasteiger partial charge in [-0.1, -0.05) is 42.5 Å². The number of hydrogen-bond donors (Lipinski definition) is 2. The van der Waals surface area contributed by atoms with Gasteiger partial charge >= 0.3 is 0 Å². The Morgan fingerprint density at radius 3 is 2.48 bits per heavy atom. The molecule has 120 valence electrons. The topological polar surface area (TPSA) is 49.3 Å². The Labute approximate surface area is 135 Å². The van der Waals surface area contributed by atoms with Crippen LogP contribution in [0.4, 0.5) is 4.39 Å². The number of amides is 1. The van der Waals surface area contributed by atoms with E-state index in [9.17, 15) is 14.3 Å². The maximum atomic E-state index is 12.9. The van der Waals surface area contributed by atoms with E-state index in [-0.39, 0.29) is 24.2 Å². The molecule has 0 radical (unpaired) electrons. The van der Waals surface area contributed by atoms with Gasteiger partial charge in [-0.3, -0.25) is 4.79 Å². The van der Waals surface area contributed by atoms with Gasteiger partial charge in [-0.25, -0.2) is 4.39 Å². The van der Waals surface area contributed by atoms with Gasteiger partial charge in [-0.2, -0.15) is 0 Å². The van der Waals surface area contributed by atoms with E-state index in [1.807, 2.05) is 30.3 Å². The minimum atomic E-state index is -0.598. The fourth-order valence-corrected chi connectivity index (χ4v) is 3.18. The van der Waals surface area contributed by atoms with E-state index >= 15 is 0 Å². The van der Waals surface area contributed by atoms with Crippen molar-refractivity contribution < 1.29 is 14.3 Å². The SMILES string of the molecule is O=C(NCCc1ccc(F)cc1)[C@@]1(c2ccccc2)C[C@H]1CO. The largest absolute Gasteiger partial charge is 0.396 e. The van der Waals surface area contributed by atoms with Gasteiger partial charge in [-0.05, 0) is 36.1 Å². The molecule has 0 aliphatic heterocycles. The van der Waals surface area contributed by atoms with Crippen molar-refractivity contribution in [1.29, 1.82) is 0 Å². The van der Waals surface area contributed by atoms with Crippen molar-refractivity contribution in [2.24, 2.45) is 5.92 Å². The van der Waals surface area contributed by atoms with Gasteiger partial charge in [0.25, 0.3) is 0 Å². The zero-order chi connectivity index (χ0) is 16.3. The number of aliphatic hydroxyl groups is 1. The zero-order valence-corrected chi connectivity index (χ0v) is 12.8. The monoisotopic (exact) mass is 313 g/mol. The smallest absolute Gasteiger partial charge is 0.231 e. The van der Waals surface area contributed by atoms with Crippen molar-refractivity contribution in [1.82, 2.24) is 5.32 Å². The molecule has 0 bridgehead atoms.